The minimum absolute atomic E-state index is 0.181. The second-order valence-electron chi connectivity index (χ2n) is 5.33. The van der Waals surface area contributed by atoms with E-state index in [-0.39, 0.29) is 5.95 Å². The first-order valence-electron chi connectivity index (χ1n) is 7.54. The van der Waals surface area contributed by atoms with Crippen molar-refractivity contribution in [2.24, 2.45) is 0 Å². The van der Waals surface area contributed by atoms with E-state index in [1.165, 1.54) is 6.26 Å². The van der Waals surface area contributed by atoms with Crippen LogP contribution in [0.5, 0.6) is 0 Å². The summed E-state index contributed by atoms with van der Waals surface area (Å²) in [4.78, 5) is 10.4. The highest BCUT2D eigenvalue weighted by molar-refractivity contribution is 7.90. The second-order valence-corrected chi connectivity index (χ2v) is 7.35. The van der Waals surface area contributed by atoms with Crippen LogP contribution in [0.1, 0.15) is 12.5 Å². The number of sulfone groups is 1. The van der Waals surface area contributed by atoms with Crippen molar-refractivity contribution in [3.05, 3.63) is 36.0 Å². The van der Waals surface area contributed by atoms with E-state index >= 15 is 0 Å². The highest BCUT2D eigenvalue weighted by Crippen LogP contribution is 2.29. The van der Waals surface area contributed by atoms with Gasteiger partial charge in [0.1, 0.15) is 5.82 Å². The Bertz CT molecular complexity index is 809. The molecule has 130 valence electrons. The number of nitrogens with zero attached hydrogens (tertiary/aromatic N) is 3. The molecule has 2 N–H and O–H groups in total. The first kappa shape index (κ1) is 18.2. The number of nitrogen functional groups attached to an aromatic ring is 1. The zero-order chi connectivity index (χ0) is 17.7. The lowest BCUT2D eigenvalue weighted by molar-refractivity contribution is 0.207. The van der Waals surface area contributed by atoms with Gasteiger partial charge in [0, 0.05) is 31.8 Å². The molecule has 0 saturated heterocycles. The summed E-state index contributed by atoms with van der Waals surface area (Å²) in [6.45, 7) is 3.02. The average molecular weight is 350 g/mol. The fourth-order valence-corrected chi connectivity index (χ4v) is 3.07. The Hall–Kier alpha value is -2.19. The smallest absolute Gasteiger partial charge is 0.221 e. The monoisotopic (exact) mass is 350 g/mol. The van der Waals surface area contributed by atoms with E-state index in [1.807, 2.05) is 11.8 Å². The van der Waals surface area contributed by atoms with Gasteiger partial charge in [-0.05, 0) is 36.2 Å². The van der Waals surface area contributed by atoms with Gasteiger partial charge in [0.15, 0.2) is 9.84 Å². The van der Waals surface area contributed by atoms with Gasteiger partial charge in [-0.2, -0.15) is 4.98 Å². The van der Waals surface area contributed by atoms with E-state index in [1.54, 1.807) is 37.6 Å². The zero-order valence-electron chi connectivity index (χ0n) is 14.1. The first-order valence-corrected chi connectivity index (χ1v) is 9.44. The number of aromatic nitrogens is 2. The Morgan fingerprint density at radius 2 is 2.04 bits per heavy atom. The number of hydrogen-bond acceptors (Lipinski definition) is 7. The van der Waals surface area contributed by atoms with Crippen LogP contribution in [0.25, 0.3) is 0 Å². The Kier molecular flexibility index (Phi) is 5.74. The van der Waals surface area contributed by atoms with E-state index in [9.17, 15) is 8.42 Å². The lowest BCUT2D eigenvalue weighted by Gasteiger charge is -2.26. The van der Waals surface area contributed by atoms with Crippen molar-refractivity contribution in [1.29, 1.82) is 0 Å². The normalized spacial score (nSPS) is 11.5. The molecule has 0 saturated carbocycles. The largest absolute Gasteiger partial charge is 0.383 e. The van der Waals surface area contributed by atoms with Gasteiger partial charge in [-0.1, -0.05) is 6.92 Å². The third kappa shape index (κ3) is 4.21. The molecule has 0 fully saturated rings. The number of nitrogens with two attached hydrogens (primary N) is 1. The maximum atomic E-state index is 11.8. The molecule has 2 aromatic rings. The van der Waals surface area contributed by atoms with Crippen molar-refractivity contribution in [2.75, 3.05) is 37.2 Å². The molecule has 0 aliphatic heterocycles. The van der Waals surface area contributed by atoms with Gasteiger partial charge in [0.05, 0.1) is 11.5 Å². The van der Waals surface area contributed by atoms with E-state index in [0.717, 1.165) is 11.3 Å². The van der Waals surface area contributed by atoms with Crippen LogP contribution in [0.4, 0.5) is 17.5 Å². The van der Waals surface area contributed by atoms with Crippen molar-refractivity contribution in [2.45, 2.75) is 18.2 Å². The van der Waals surface area contributed by atoms with Crippen LogP contribution in [0.3, 0.4) is 0 Å². The number of methoxy groups -OCH3 is 1. The molecule has 1 aromatic carbocycles. The van der Waals surface area contributed by atoms with Crippen LogP contribution in [0.15, 0.2) is 35.4 Å². The fourth-order valence-electron chi connectivity index (χ4n) is 2.39. The Labute approximate surface area is 142 Å². The van der Waals surface area contributed by atoms with E-state index in [4.69, 9.17) is 10.5 Å². The summed E-state index contributed by atoms with van der Waals surface area (Å²) in [6.07, 6.45) is 3.48. The number of rotatable bonds is 7. The Morgan fingerprint density at radius 3 is 2.62 bits per heavy atom. The lowest BCUT2D eigenvalue weighted by atomic mass is 10.1. The summed E-state index contributed by atoms with van der Waals surface area (Å²) >= 11 is 0. The van der Waals surface area contributed by atoms with Crippen LogP contribution >= 0.6 is 0 Å². The zero-order valence-corrected chi connectivity index (χ0v) is 14.9. The van der Waals surface area contributed by atoms with Crippen molar-refractivity contribution in [1.82, 2.24) is 9.97 Å². The van der Waals surface area contributed by atoms with Gasteiger partial charge in [0.2, 0.25) is 5.95 Å². The third-order valence-electron chi connectivity index (χ3n) is 3.61. The molecule has 0 radical (unpaired) electrons. The molecule has 0 aliphatic rings. The molecule has 1 heterocycles. The number of anilines is 3. The topological polar surface area (TPSA) is 98.4 Å². The number of aryl methyl sites for hydroxylation is 1. The molecular weight excluding hydrogens is 328 g/mol. The Balaban J connectivity index is 2.53. The maximum Gasteiger partial charge on any atom is 0.221 e. The van der Waals surface area contributed by atoms with Crippen molar-refractivity contribution >= 4 is 27.3 Å². The minimum atomic E-state index is -3.26. The number of hydrogen-bond donors (Lipinski definition) is 1. The Morgan fingerprint density at radius 1 is 1.29 bits per heavy atom. The fraction of sp³-hybridized carbons (Fsp3) is 0.375. The van der Waals surface area contributed by atoms with Gasteiger partial charge in [-0.15, -0.1) is 0 Å². The van der Waals surface area contributed by atoms with Crippen LogP contribution in [0.2, 0.25) is 0 Å². The van der Waals surface area contributed by atoms with E-state index in [0.29, 0.717) is 30.3 Å². The van der Waals surface area contributed by atoms with Crippen LogP contribution in [-0.2, 0) is 21.0 Å². The summed E-state index contributed by atoms with van der Waals surface area (Å²) in [5.41, 5.74) is 7.48. The molecular formula is C16H22N4O3S. The molecule has 0 spiro atoms. The summed E-state index contributed by atoms with van der Waals surface area (Å²) in [7, 11) is -1.63. The molecule has 24 heavy (non-hydrogen) atoms. The molecule has 0 unspecified atom stereocenters. The van der Waals surface area contributed by atoms with Gasteiger partial charge in [0.25, 0.3) is 0 Å². The molecule has 2 rings (SSSR count). The number of benzene rings is 1. The summed E-state index contributed by atoms with van der Waals surface area (Å²) < 4.78 is 28.8. The molecule has 0 aliphatic carbocycles. The second kappa shape index (κ2) is 7.59. The lowest BCUT2D eigenvalue weighted by Crippen LogP contribution is -2.24. The SMILES string of the molecule is CCc1cc(S(C)(=O)=O)ccc1N(CCOC)c1ccnc(N)n1. The summed E-state index contributed by atoms with van der Waals surface area (Å²) in [6, 6.07) is 6.86. The van der Waals surface area contributed by atoms with Crippen LogP contribution < -0.4 is 10.6 Å². The predicted molar refractivity (Wildman–Crippen MR) is 94.3 cm³/mol. The van der Waals surface area contributed by atoms with E-state index < -0.39 is 9.84 Å². The minimum Gasteiger partial charge on any atom is -0.383 e. The number of ether oxygens (including phenoxy) is 1. The standard InChI is InChI=1S/C16H22N4O3S/c1-4-12-11-13(24(3,21)22)5-6-14(12)20(9-10-23-2)15-7-8-18-16(17)19-15/h5-8,11H,4,9-10H2,1-3H3,(H2,17,18,19). The first-order chi connectivity index (χ1) is 11.4. The molecule has 7 nitrogen and oxygen atoms in total. The summed E-state index contributed by atoms with van der Waals surface area (Å²) in [5, 5.41) is 0. The predicted octanol–water partition coefficient (Wildman–Crippen LogP) is 1.81. The molecule has 0 amide bonds. The quantitative estimate of drug-likeness (QED) is 0.813. The van der Waals surface area contributed by atoms with Gasteiger partial charge < -0.3 is 15.4 Å². The molecule has 0 atom stereocenters. The highest BCUT2D eigenvalue weighted by Gasteiger charge is 2.17. The average Bonchev–Trinajstić information content (AvgIpc) is 2.54. The van der Waals surface area contributed by atoms with Gasteiger partial charge in [-0.3, -0.25) is 0 Å². The third-order valence-corrected chi connectivity index (χ3v) is 4.72. The van der Waals surface area contributed by atoms with Crippen LogP contribution in [-0.4, -0.2) is 44.9 Å². The van der Waals surface area contributed by atoms with E-state index in [2.05, 4.69) is 9.97 Å². The van der Waals surface area contributed by atoms with Crippen molar-refractivity contribution in [3.63, 3.8) is 0 Å². The van der Waals surface area contributed by atoms with Crippen LogP contribution in [0, 0.1) is 0 Å². The van der Waals surface area contributed by atoms with Crippen molar-refractivity contribution < 1.29 is 13.2 Å². The van der Waals surface area contributed by atoms with Gasteiger partial charge >= 0.3 is 0 Å². The summed E-state index contributed by atoms with van der Waals surface area (Å²) in [5.74, 6) is 0.821. The molecule has 0 bridgehead atoms. The highest BCUT2D eigenvalue weighted by atomic mass is 32.2. The maximum absolute atomic E-state index is 11.8. The van der Waals surface area contributed by atoms with Crippen molar-refractivity contribution in [3.8, 4) is 0 Å². The molecule has 8 heteroatoms. The molecule has 1 aromatic heterocycles. The van der Waals surface area contributed by atoms with Gasteiger partial charge in [-0.25, -0.2) is 13.4 Å².